The van der Waals surface area contributed by atoms with Gasteiger partial charge in [0.05, 0.1) is 33.7 Å². The van der Waals surface area contributed by atoms with Crippen LogP contribution in [0.15, 0.2) is 0 Å². The molecule has 0 saturated heterocycles. The van der Waals surface area contributed by atoms with E-state index in [9.17, 15) is 14.7 Å². The Labute approximate surface area is 178 Å². The number of aliphatic carboxylic acids is 1. The Morgan fingerprint density at radius 1 is 0.862 bits per heavy atom. The summed E-state index contributed by atoms with van der Waals surface area (Å²) in [6.07, 6.45) is 12.3. The monoisotopic (exact) mass is 416 g/mol. The smallest absolute Gasteiger partial charge is 0.307 e. The van der Waals surface area contributed by atoms with Crippen LogP contribution in [0, 0.1) is 0 Å². The molecular weight excluding hydrogens is 370 g/mol. The summed E-state index contributed by atoms with van der Waals surface area (Å²) in [6.45, 7) is 2.69. The van der Waals surface area contributed by atoms with E-state index in [4.69, 9.17) is 9.84 Å². The third kappa shape index (κ3) is 19.9. The standard InChI is InChI=1S/C23H45NO5/c1-5-6-7-9-12-15-20(25)16-13-10-8-11-14-17-23(28)29-21(18-22(26)27)19-24(2,3)4/h20-21,25H,5-19H2,1-4H3/p+1. The van der Waals surface area contributed by atoms with E-state index in [0.29, 0.717) is 17.4 Å². The fourth-order valence-corrected chi connectivity index (χ4v) is 3.50. The minimum atomic E-state index is -0.945. The molecule has 0 aromatic carbocycles. The van der Waals surface area contributed by atoms with Gasteiger partial charge in [-0.1, -0.05) is 64.7 Å². The molecule has 0 rings (SSSR count). The maximum atomic E-state index is 12.0. The van der Waals surface area contributed by atoms with Crippen molar-refractivity contribution in [2.75, 3.05) is 27.7 Å². The number of carbonyl (C=O) groups excluding carboxylic acids is 1. The van der Waals surface area contributed by atoms with E-state index in [-0.39, 0.29) is 18.5 Å². The second-order valence-corrected chi connectivity index (χ2v) is 9.35. The lowest BCUT2D eigenvalue weighted by Crippen LogP contribution is -2.43. The zero-order valence-corrected chi connectivity index (χ0v) is 19.3. The van der Waals surface area contributed by atoms with Crippen molar-refractivity contribution < 1.29 is 29.0 Å². The number of rotatable bonds is 19. The van der Waals surface area contributed by atoms with Crippen molar-refractivity contribution >= 4 is 11.9 Å². The molecule has 2 atom stereocenters. The van der Waals surface area contributed by atoms with E-state index in [0.717, 1.165) is 51.4 Å². The maximum Gasteiger partial charge on any atom is 0.307 e. The van der Waals surface area contributed by atoms with E-state index >= 15 is 0 Å². The number of ether oxygens (including phenoxy) is 1. The number of carbonyl (C=O) groups is 2. The van der Waals surface area contributed by atoms with Gasteiger partial charge in [0.2, 0.25) is 0 Å². The van der Waals surface area contributed by atoms with Gasteiger partial charge in [0, 0.05) is 6.42 Å². The number of aliphatic hydroxyl groups excluding tert-OH is 1. The van der Waals surface area contributed by atoms with Crippen molar-refractivity contribution in [2.45, 2.75) is 109 Å². The van der Waals surface area contributed by atoms with E-state index < -0.39 is 12.1 Å². The fraction of sp³-hybridized carbons (Fsp3) is 0.913. The molecule has 2 N–H and O–H groups in total. The van der Waals surface area contributed by atoms with Crippen LogP contribution >= 0.6 is 0 Å². The average molecular weight is 417 g/mol. The first-order valence-electron chi connectivity index (χ1n) is 11.5. The molecule has 29 heavy (non-hydrogen) atoms. The number of esters is 1. The third-order valence-electron chi connectivity index (χ3n) is 5.01. The van der Waals surface area contributed by atoms with E-state index in [1.807, 2.05) is 21.1 Å². The number of carboxylic acid groups (broad SMARTS) is 1. The second kappa shape index (κ2) is 16.6. The molecule has 0 radical (unpaired) electrons. The predicted octanol–water partition coefficient (Wildman–Crippen LogP) is 4.53. The first-order valence-corrected chi connectivity index (χ1v) is 11.5. The highest BCUT2D eigenvalue weighted by Gasteiger charge is 2.24. The summed E-state index contributed by atoms with van der Waals surface area (Å²) >= 11 is 0. The largest absolute Gasteiger partial charge is 0.481 e. The molecule has 0 aliphatic rings. The highest BCUT2D eigenvalue weighted by atomic mass is 16.5. The van der Waals surface area contributed by atoms with Gasteiger partial charge >= 0.3 is 11.9 Å². The number of quaternary nitrogens is 1. The number of aliphatic hydroxyl groups is 1. The van der Waals surface area contributed by atoms with Crippen molar-refractivity contribution in [3.8, 4) is 0 Å². The van der Waals surface area contributed by atoms with Crippen molar-refractivity contribution in [3.05, 3.63) is 0 Å². The molecule has 0 heterocycles. The summed E-state index contributed by atoms with van der Waals surface area (Å²) in [5.41, 5.74) is 0. The number of unbranched alkanes of at least 4 members (excludes halogenated alkanes) is 8. The quantitative estimate of drug-likeness (QED) is 0.184. The number of hydrogen-bond donors (Lipinski definition) is 2. The van der Waals surface area contributed by atoms with Crippen LogP contribution in [0.5, 0.6) is 0 Å². The minimum Gasteiger partial charge on any atom is -0.481 e. The fourth-order valence-electron chi connectivity index (χ4n) is 3.50. The van der Waals surface area contributed by atoms with Gasteiger partial charge in [-0.3, -0.25) is 9.59 Å². The highest BCUT2D eigenvalue weighted by molar-refractivity contribution is 5.71. The van der Waals surface area contributed by atoms with Crippen LogP contribution in [0.2, 0.25) is 0 Å². The van der Waals surface area contributed by atoms with E-state index in [2.05, 4.69) is 6.92 Å². The molecule has 0 aliphatic carbocycles. The van der Waals surface area contributed by atoms with Crippen LogP contribution in [0.25, 0.3) is 0 Å². The number of nitrogens with zero attached hydrogens (tertiary/aromatic N) is 1. The van der Waals surface area contributed by atoms with Crippen LogP contribution in [0.3, 0.4) is 0 Å². The third-order valence-corrected chi connectivity index (χ3v) is 5.01. The van der Waals surface area contributed by atoms with Gasteiger partial charge in [0.15, 0.2) is 6.10 Å². The Hall–Kier alpha value is -1.14. The number of likely N-dealkylation sites (N-methyl/N-ethyl adjacent to an activating group) is 1. The highest BCUT2D eigenvalue weighted by Crippen LogP contribution is 2.14. The van der Waals surface area contributed by atoms with Crippen molar-refractivity contribution in [3.63, 3.8) is 0 Å². The molecular formula is C23H46NO5+. The maximum absolute atomic E-state index is 12.0. The summed E-state index contributed by atoms with van der Waals surface area (Å²) in [7, 11) is 5.85. The average Bonchev–Trinajstić information content (AvgIpc) is 2.58. The van der Waals surface area contributed by atoms with E-state index in [1.54, 1.807) is 0 Å². The minimum absolute atomic E-state index is 0.151. The van der Waals surface area contributed by atoms with Crippen LogP contribution in [0.4, 0.5) is 0 Å². The number of hydrogen-bond acceptors (Lipinski definition) is 4. The number of carboxylic acids is 1. The normalized spacial score (nSPS) is 13.8. The summed E-state index contributed by atoms with van der Waals surface area (Å²) in [6, 6.07) is 0. The zero-order chi connectivity index (χ0) is 22.1. The summed E-state index contributed by atoms with van der Waals surface area (Å²) in [4.78, 5) is 23.0. The Balaban J connectivity index is 3.75. The first-order chi connectivity index (χ1) is 13.6. The van der Waals surface area contributed by atoms with Gasteiger partial charge in [-0.05, 0) is 19.3 Å². The summed E-state index contributed by atoms with van der Waals surface area (Å²) < 4.78 is 5.94. The molecule has 0 aromatic rings. The van der Waals surface area contributed by atoms with Crippen molar-refractivity contribution in [2.24, 2.45) is 0 Å². The molecule has 0 aromatic heterocycles. The molecule has 0 amide bonds. The van der Waals surface area contributed by atoms with Gasteiger partial charge in [0.1, 0.15) is 6.54 Å². The lowest BCUT2D eigenvalue weighted by molar-refractivity contribution is -0.873. The molecule has 2 unspecified atom stereocenters. The lowest BCUT2D eigenvalue weighted by atomic mass is 10.0. The van der Waals surface area contributed by atoms with Crippen molar-refractivity contribution in [1.82, 2.24) is 0 Å². The molecule has 0 fully saturated rings. The predicted molar refractivity (Wildman–Crippen MR) is 117 cm³/mol. The molecule has 172 valence electrons. The van der Waals surface area contributed by atoms with Crippen LogP contribution < -0.4 is 0 Å². The summed E-state index contributed by atoms with van der Waals surface area (Å²) in [5.74, 6) is -1.25. The Kier molecular flexibility index (Phi) is 16.0. The SMILES string of the molecule is CCCCCCCC(O)CCCCCCCC(=O)OC(CC(=O)O)C[N+](C)(C)C. The molecule has 6 nitrogen and oxygen atoms in total. The topological polar surface area (TPSA) is 83.8 Å². The molecule has 0 aliphatic heterocycles. The van der Waals surface area contributed by atoms with Gasteiger partial charge in [-0.2, -0.15) is 0 Å². The first kappa shape index (κ1) is 27.9. The van der Waals surface area contributed by atoms with Gasteiger partial charge in [0.25, 0.3) is 0 Å². The lowest BCUT2D eigenvalue weighted by Gasteiger charge is -2.28. The molecule has 0 bridgehead atoms. The van der Waals surface area contributed by atoms with Gasteiger partial charge in [-0.15, -0.1) is 0 Å². The van der Waals surface area contributed by atoms with Crippen molar-refractivity contribution in [1.29, 1.82) is 0 Å². The van der Waals surface area contributed by atoms with Crippen LogP contribution in [-0.2, 0) is 14.3 Å². The van der Waals surface area contributed by atoms with Crippen LogP contribution in [-0.4, -0.2) is 66.5 Å². The Morgan fingerprint density at radius 2 is 1.38 bits per heavy atom. The molecule has 0 saturated carbocycles. The second-order valence-electron chi connectivity index (χ2n) is 9.35. The van der Waals surface area contributed by atoms with Crippen LogP contribution in [0.1, 0.15) is 96.8 Å². The van der Waals surface area contributed by atoms with Gasteiger partial charge in [-0.25, -0.2) is 0 Å². The Morgan fingerprint density at radius 3 is 1.90 bits per heavy atom. The van der Waals surface area contributed by atoms with Gasteiger partial charge < -0.3 is 19.4 Å². The van der Waals surface area contributed by atoms with E-state index in [1.165, 1.54) is 25.7 Å². The Bertz CT molecular complexity index is 433. The zero-order valence-electron chi connectivity index (χ0n) is 19.3. The molecule has 6 heteroatoms. The summed E-state index contributed by atoms with van der Waals surface area (Å²) in [5, 5.41) is 19.0. The molecule has 0 spiro atoms.